The van der Waals surface area contributed by atoms with Crippen molar-refractivity contribution in [1.82, 2.24) is 0 Å². The average Bonchev–Trinajstić information content (AvgIpc) is 2.88. The maximum absolute atomic E-state index is 6.06. The minimum Gasteiger partial charge on any atom is -0.489 e. The number of rotatable bonds is 0. The lowest BCUT2D eigenvalue weighted by atomic mass is 9.83. The van der Waals surface area contributed by atoms with Crippen molar-refractivity contribution in [1.29, 1.82) is 0 Å². The highest BCUT2D eigenvalue weighted by molar-refractivity contribution is 5.43. The SMILES string of the molecule is c1ccc2c(c1)OC1C2[C@H]2CC[C@@H]1C2. The first kappa shape index (κ1) is 7.33. The lowest BCUT2D eigenvalue weighted by Gasteiger charge is -2.23. The molecule has 0 N–H and O–H groups in total. The first-order chi connectivity index (χ1) is 6.93. The molecular formula is C13H14O. The zero-order valence-corrected chi connectivity index (χ0v) is 8.15. The zero-order valence-electron chi connectivity index (χ0n) is 8.15. The van der Waals surface area contributed by atoms with Crippen LogP contribution < -0.4 is 4.74 Å². The molecular weight excluding hydrogens is 172 g/mol. The van der Waals surface area contributed by atoms with Gasteiger partial charge < -0.3 is 4.74 Å². The Morgan fingerprint density at radius 2 is 1.93 bits per heavy atom. The van der Waals surface area contributed by atoms with Gasteiger partial charge in [0.1, 0.15) is 11.9 Å². The van der Waals surface area contributed by atoms with Crippen molar-refractivity contribution in [3.63, 3.8) is 0 Å². The second-order valence-corrected chi connectivity index (χ2v) is 4.98. The van der Waals surface area contributed by atoms with Crippen LogP contribution in [0, 0.1) is 11.8 Å². The molecule has 2 fully saturated rings. The van der Waals surface area contributed by atoms with Crippen molar-refractivity contribution < 1.29 is 4.74 Å². The maximum atomic E-state index is 6.06. The fourth-order valence-electron chi connectivity index (χ4n) is 3.85. The molecule has 2 aliphatic carbocycles. The van der Waals surface area contributed by atoms with Crippen LogP contribution in [0.25, 0.3) is 0 Å². The third-order valence-corrected chi connectivity index (χ3v) is 4.38. The fourth-order valence-corrected chi connectivity index (χ4v) is 3.85. The van der Waals surface area contributed by atoms with Crippen LogP contribution in [-0.4, -0.2) is 6.10 Å². The Balaban J connectivity index is 1.86. The van der Waals surface area contributed by atoms with E-state index in [9.17, 15) is 0 Å². The predicted molar refractivity (Wildman–Crippen MR) is 54.4 cm³/mol. The average molecular weight is 186 g/mol. The van der Waals surface area contributed by atoms with E-state index in [0.29, 0.717) is 6.10 Å². The van der Waals surface area contributed by atoms with Gasteiger partial charge in [0.25, 0.3) is 0 Å². The van der Waals surface area contributed by atoms with Crippen molar-refractivity contribution in [2.75, 3.05) is 0 Å². The Morgan fingerprint density at radius 1 is 1.07 bits per heavy atom. The summed E-state index contributed by atoms with van der Waals surface area (Å²) in [7, 11) is 0. The van der Waals surface area contributed by atoms with Crippen molar-refractivity contribution in [3.8, 4) is 5.75 Å². The Bertz CT molecular complexity index is 385. The quantitative estimate of drug-likeness (QED) is 0.605. The monoisotopic (exact) mass is 186 g/mol. The molecule has 2 unspecified atom stereocenters. The summed E-state index contributed by atoms with van der Waals surface area (Å²) in [5, 5.41) is 0. The van der Waals surface area contributed by atoms with E-state index in [0.717, 1.165) is 17.8 Å². The summed E-state index contributed by atoms with van der Waals surface area (Å²) in [6.45, 7) is 0. The lowest BCUT2D eigenvalue weighted by Crippen LogP contribution is -2.25. The van der Waals surface area contributed by atoms with Crippen LogP contribution in [-0.2, 0) is 0 Å². The molecule has 0 spiro atoms. The molecule has 1 aliphatic heterocycles. The molecule has 72 valence electrons. The van der Waals surface area contributed by atoms with Crippen LogP contribution in [0.1, 0.15) is 30.7 Å². The smallest absolute Gasteiger partial charge is 0.123 e. The molecule has 3 aliphatic rings. The third kappa shape index (κ3) is 0.727. The van der Waals surface area contributed by atoms with Gasteiger partial charge in [0.15, 0.2) is 0 Å². The molecule has 1 heteroatoms. The largest absolute Gasteiger partial charge is 0.489 e. The molecule has 1 nitrogen and oxygen atoms in total. The second kappa shape index (κ2) is 2.33. The molecule has 2 saturated carbocycles. The second-order valence-electron chi connectivity index (χ2n) is 4.98. The van der Waals surface area contributed by atoms with Crippen LogP contribution >= 0.6 is 0 Å². The van der Waals surface area contributed by atoms with Crippen LogP contribution in [0.4, 0.5) is 0 Å². The molecule has 0 amide bonds. The van der Waals surface area contributed by atoms with Crippen LogP contribution in [0.5, 0.6) is 5.75 Å². The Hall–Kier alpha value is -0.980. The van der Waals surface area contributed by atoms with E-state index in [-0.39, 0.29) is 0 Å². The molecule has 4 rings (SSSR count). The lowest BCUT2D eigenvalue weighted by molar-refractivity contribution is 0.148. The standard InChI is InChI=1S/C13H14O/c1-2-4-11-10(3-1)12-8-5-6-9(7-8)13(12)14-11/h1-4,8-9,12-13H,5-7H2/t8-,9+,12?,13?/m0/s1. The van der Waals surface area contributed by atoms with E-state index in [4.69, 9.17) is 4.74 Å². The van der Waals surface area contributed by atoms with Crippen molar-refractivity contribution >= 4 is 0 Å². The van der Waals surface area contributed by atoms with E-state index in [1.807, 2.05) is 0 Å². The number of para-hydroxylation sites is 1. The molecule has 0 radical (unpaired) electrons. The van der Waals surface area contributed by atoms with E-state index < -0.39 is 0 Å². The van der Waals surface area contributed by atoms with Crippen LogP contribution in [0.15, 0.2) is 24.3 Å². The summed E-state index contributed by atoms with van der Waals surface area (Å²) in [6, 6.07) is 8.63. The van der Waals surface area contributed by atoms with Crippen molar-refractivity contribution in [2.45, 2.75) is 31.3 Å². The number of hydrogen-bond acceptors (Lipinski definition) is 1. The Kier molecular flexibility index (Phi) is 1.22. The van der Waals surface area contributed by atoms with Crippen LogP contribution in [0.3, 0.4) is 0 Å². The van der Waals surface area contributed by atoms with E-state index in [2.05, 4.69) is 24.3 Å². The van der Waals surface area contributed by atoms with Gasteiger partial charge in [0.2, 0.25) is 0 Å². The third-order valence-electron chi connectivity index (χ3n) is 4.38. The van der Waals surface area contributed by atoms with Gasteiger partial charge >= 0.3 is 0 Å². The molecule has 2 bridgehead atoms. The van der Waals surface area contributed by atoms with Gasteiger partial charge in [-0.25, -0.2) is 0 Å². The predicted octanol–water partition coefficient (Wildman–Crippen LogP) is 2.96. The van der Waals surface area contributed by atoms with Crippen LogP contribution in [0.2, 0.25) is 0 Å². The fraction of sp³-hybridized carbons (Fsp3) is 0.538. The van der Waals surface area contributed by atoms with Gasteiger partial charge in [-0.05, 0) is 37.2 Å². The summed E-state index contributed by atoms with van der Waals surface area (Å²) >= 11 is 0. The maximum Gasteiger partial charge on any atom is 0.123 e. The summed E-state index contributed by atoms with van der Waals surface area (Å²) in [4.78, 5) is 0. The van der Waals surface area contributed by atoms with Gasteiger partial charge in [-0.1, -0.05) is 18.2 Å². The van der Waals surface area contributed by atoms with Gasteiger partial charge in [-0.15, -0.1) is 0 Å². The van der Waals surface area contributed by atoms with Gasteiger partial charge in [-0.3, -0.25) is 0 Å². The summed E-state index contributed by atoms with van der Waals surface area (Å²) < 4.78 is 6.06. The molecule has 0 aromatic heterocycles. The van der Waals surface area contributed by atoms with E-state index in [1.54, 1.807) is 0 Å². The molecule has 14 heavy (non-hydrogen) atoms. The Labute approximate surface area is 84.1 Å². The van der Waals surface area contributed by atoms with E-state index >= 15 is 0 Å². The number of fused-ring (bicyclic) bond motifs is 7. The number of benzene rings is 1. The number of ether oxygens (including phenoxy) is 1. The van der Waals surface area contributed by atoms with E-state index in [1.165, 1.54) is 30.6 Å². The molecule has 1 aromatic rings. The molecule has 1 aromatic carbocycles. The first-order valence-corrected chi connectivity index (χ1v) is 5.69. The highest BCUT2D eigenvalue weighted by Gasteiger charge is 2.53. The zero-order chi connectivity index (χ0) is 9.12. The molecule has 4 atom stereocenters. The van der Waals surface area contributed by atoms with Gasteiger partial charge in [0, 0.05) is 11.5 Å². The van der Waals surface area contributed by atoms with Crippen molar-refractivity contribution in [2.24, 2.45) is 11.8 Å². The topological polar surface area (TPSA) is 9.23 Å². The molecule has 0 saturated heterocycles. The molecule has 1 heterocycles. The summed E-state index contributed by atoms with van der Waals surface area (Å²) in [6.07, 6.45) is 4.79. The van der Waals surface area contributed by atoms with Gasteiger partial charge in [0.05, 0.1) is 0 Å². The minimum atomic E-state index is 0.533. The summed E-state index contributed by atoms with van der Waals surface area (Å²) in [5.74, 6) is 3.69. The Morgan fingerprint density at radius 3 is 2.93 bits per heavy atom. The van der Waals surface area contributed by atoms with Crippen molar-refractivity contribution in [3.05, 3.63) is 29.8 Å². The van der Waals surface area contributed by atoms with Gasteiger partial charge in [-0.2, -0.15) is 0 Å². The first-order valence-electron chi connectivity index (χ1n) is 5.69. The highest BCUT2D eigenvalue weighted by Crippen LogP contribution is 2.59. The minimum absolute atomic E-state index is 0.533. The number of hydrogen-bond donors (Lipinski definition) is 0. The normalized spacial score (nSPS) is 42.0. The summed E-state index contributed by atoms with van der Waals surface area (Å²) in [5.41, 5.74) is 1.49. The highest BCUT2D eigenvalue weighted by atomic mass is 16.5.